The zero-order valence-electron chi connectivity index (χ0n) is 30.3. The number of hydrogen-bond donors (Lipinski definition) is 0. The average Bonchev–Trinajstić information content (AvgIpc) is 3.56. The number of hydrogen-bond acceptors (Lipinski definition) is 3. The van der Waals surface area contributed by atoms with Gasteiger partial charge < -0.3 is 4.57 Å². The summed E-state index contributed by atoms with van der Waals surface area (Å²) in [5.41, 5.74) is 0.713. The Labute approximate surface area is 330 Å². The molecule has 59 heavy (non-hydrogen) atoms. The van der Waals surface area contributed by atoms with Gasteiger partial charge in [0.25, 0.3) is 0 Å². The lowest BCUT2D eigenvalue weighted by Gasteiger charge is -2.17. The highest BCUT2D eigenvalue weighted by molar-refractivity contribution is 6.11. The molecule has 0 amide bonds. The minimum atomic E-state index is -5.09. The first-order chi connectivity index (χ1) is 28.3. The highest BCUT2D eigenvalue weighted by atomic mass is 19.4. The number of alkyl halides is 6. The normalized spacial score (nSPS) is 12.1. The molecule has 0 fully saturated rings. The summed E-state index contributed by atoms with van der Waals surface area (Å²) in [6.07, 6.45) is -10.1. The van der Waals surface area contributed by atoms with Crippen LogP contribution in [0.4, 0.5) is 35.1 Å². The van der Waals surface area contributed by atoms with Crippen LogP contribution in [-0.2, 0) is 12.4 Å². The van der Waals surface area contributed by atoms with Gasteiger partial charge in [-0.05, 0) is 71.3 Å². The largest absolute Gasteiger partial charge is 0.417 e. The van der Waals surface area contributed by atoms with E-state index in [0.29, 0.717) is 67.5 Å². The molecular formula is C47H26F8N4. The number of nitrogens with zero attached hydrogens (tertiary/aromatic N) is 4. The van der Waals surface area contributed by atoms with Gasteiger partial charge >= 0.3 is 12.4 Å². The van der Waals surface area contributed by atoms with Crippen LogP contribution in [-0.4, -0.2) is 19.5 Å². The van der Waals surface area contributed by atoms with Gasteiger partial charge in [-0.3, -0.25) is 0 Å². The molecule has 2 aromatic heterocycles. The Morgan fingerprint density at radius 3 is 1.61 bits per heavy atom. The van der Waals surface area contributed by atoms with Crippen molar-refractivity contribution in [1.82, 2.24) is 19.5 Å². The summed E-state index contributed by atoms with van der Waals surface area (Å²) < 4.78 is 115. The molecule has 0 N–H and O–H groups in total. The van der Waals surface area contributed by atoms with Gasteiger partial charge in [0.2, 0.25) is 0 Å². The van der Waals surface area contributed by atoms with Gasteiger partial charge in [0.1, 0.15) is 11.6 Å². The third kappa shape index (κ3) is 6.96. The molecule has 0 aliphatic heterocycles. The predicted octanol–water partition coefficient (Wildman–Crippen LogP) is 13.6. The maximum Gasteiger partial charge on any atom is 0.417 e. The fourth-order valence-corrected chi connectivity index (χ4v) is 7.33. The molecule has 12 heteroatoms. The van der Waals surface area contributed by atoms with E-state index in [1.54, 1.807) is 48.5 Å². The first-order valence-electron chi connectivity index (χ1n) is 18.1. The average molecular weight is 799 g/mol. The molecule has 7 aromatic carbocycles. The highest BCUT2D eigenvalue weighted by Crippen LogP contribution is 2.44. The van der Waals surface area contributed by atoms with Crippen LogP contribution < -0.4 is 0 Å². The predicted molar refractivity (Wildman–Crippen MR) is 211 cm³/mol. The van der Waals surface area contributed by atoms with E-state index in [9.17, 15) is 30.7 Å². The molecule has 0 radical (unpaired) electrons. The van der Waals surface area contributed by atoms with E-state index >= 15 is 4.39 Å². The molecule has 2 heterocycles. The van der Waals surface area contributed by atoms with Crippen molar-refractivity contribution in [3.05, 3.63) is 180 Å². The number of fused-ring (bicyclic) bond motifs is 3. The quantitative estimate of drug-likeness (QED) is 0.157. The minimum absolute atomic E-state index is 0.0429. The van der Waals surface area contributed by atoms with Crippen LogP contribution >= 0.6 is 0 Å². The van der Waals surface area contributed by atoms with Gasteiger partial charge in [-0.15, -0.1) is 0 Å². The van der Waals surface area contributed by atoms with Crippen LogP contribution in [0.25, 0.3) is 83.9 Å². The van der Waals surface area contributed by atoms with E-state index in [-0.39, 0.29) is 23.0 Å². The van der Waals surface area contributed by atoms with Gasteiger partial charge in [-0.1, -0.05) is 97.1 Å². The summed E-state index contributed by atoms with van der Waals surface area (Å²) in [4.78, 5) is 14.7. The number of aromatic nitrogens is 4. The van der Waals surface area contributed by atoms with Gasteiger partial charge in [0, 0.05) is 39.1 Å². The first kappa shape index (κ1) is 37.4. The van der Waals surface area contributed by atoms with E-state index < -0.39 is 40.7 Å². The van der Waals surface area contributed by atoms with Crippen molar-refractivity contribution < 1.29 is 35.1 Å². The van der Waals surface area contributed by atoms with Crippen LogP contribution in [0.2, 0.25) is 0 Å². The Hall–Kier alpha value is -7.21. The topological polar surface area (TPSA) is 43.6 Å². The standard InChI is InChI=1S/C47H26F8N4/c48-32-18-21-34(39(49)26-32)30-15-19-36(45-57-43(27-9-3-1-4-10-27)56-44(58-45)28-11-5-2-6-12-28)42(24-30)59-40-14-8-7-13-35(40)37-23-29(16-22-41(37)59)33-20-17-31(46(50,51)52)25-38(33)47(53,54)55/h1-26H. The Kier molecular flexibility index (Phi) is 9.07. The molecule has 290 valence electrons. The molecule has 0 bridgehead atoms. The van der Waals surface area contributed by atoms with Crippen LogP contribution in [0.15, 0.2) is 158 Å². The van der Waals surface area contributed by atoms with Crippen molar-refractivity contribution in [2.24, 2.45) is 0 Å². The van der Waals surface area contributed by atoms with E-state index in [1.807, 2.05) is 65.2 Å². The molecule has 0 unspecified atom stereocenters. The van der Waals surface area contributed by atoms with Crippen molar-refractivity contribution in [3.8, 4) is 62.1 Å². The number of para-hydroxylation sites is 1. The number of halogens is 8. The molecule has 0 aliphatic carbocycles. The summed E-state index contributed by atoms with van der Waals surface area (Å²) in [7, 11) is 0. The lowest BCUT2D eigenvalue weighted by atomic mass is 9.95. The smallest absolute Gasteiger partial charge is 0.308 e. The van der Waals surface area contributed by atoms with E-state index in [2.05, 4.69) is 0 Å². The first-order valence-corrected chi connectivity index (χ1v) is 18.1. The van der Waals surface area contributed by atoms with Gasteiger partial charge in [-0.2, -0.15) is 26.3 Å². The Morgan fingerprint density at radius 1 is 0.407 bits per heavy atom. The molecule has 0 spiro atoms. The van der Waals surface area contributed by atoms with E-state index in [4.69, 9.17) is 15.0 Å². The summed E-state index contributed by atoms with van der Waals surface area (Å²) in [5, 5.41) is 1.10. The van der Waals surface area contributed by atoms with Crippen molar-refractivity contribution in [1.29, 1.82) is 0 Å². The second kappa shape index (κ2) is 14.3. The minimum Gasteiger partial charge on any atom is -0.308 e. The summed E-state index contributed by atoms with van der Waals surface area (Å²) in [5.74, 6) is -0.558. The Bertz CT molecular complexity index is 2990. The fraction of sp³-hybridized carbons (Fsp3) is 0.0426. The van der Waals surface area contributed by atoms with Crippen molar-refractivity contribution >= 4 is 21.8 Å². The van der Waals surface area contributed by atoms with Crippen molar-refractivity contribution in [3.63, 3.8) is 0 Å². The summed E-state index contributed by atoms with van der Waals surface area (Å²) in [6.45, 7) is 0. The van der Waals surface area contributed by atoms with Gasteiger partial charge in [0.15, 0.2) is 17.5 Å². The van der Waals surface area contributed by atoms with Crippen LogP contribution in [0.1, 0.15) is 11.1 Å². The van der Waals surface area contributed by atoms with Crippen LogP contribution in [0.3, 0.4) is 0 Å². The highest BCUT2D eigenvalue weighted by Gasteiger charge is 2.38. The molecule has 0 saturated heterocycles. The van der Waals surface area contributed by atoms with Crippen LogP contribution in [0.5, 0.6) is 0 Å². The molecule has 4 nitrogen and oxygen atoms in total. The zero-order valence-corrected chi connectivity index (χ0v) is 30.3. The zero-order chi connectivity index (χ0) is 41.1. The third-order valence-electron chi connectivity index (χ3n) is 10.1. The van der Waals surface area contributed by atoms with Crippen molar-refractivity contribution in [2.45, 2.75) is 12.4 Å². The lowest BCUT2D eigenvalue weighted by molar-refractivity contribution is -0.142. The number of rotatable bonds is 6. The molecule has 0 saturated carbocycles. The van der Waals surface area contributed by atoms with Gasteiger partial charge in [0.05, 0.1) is 27.8 Å². The van der Waals surface area contributed by atoms with Crippen LogP contribution in [0, 0.1) is 11.6 Å². The maximum absolute atomic E-state index is 15.4. The Balaban J connectivity index is 1.33. The summed E-state index contributed by atoms with van der Waals surface area (Å²) in [6, 6.07) is 40.2. The third-order valence-corrected chi connectivity index (χ3v) is 10.1. The second-order valence-electron chi connectivity index (χ2n) is 13.7. The van der Waals surface area contributed by atoms with E-state index in [0.717, 1.165) is 18.2 Å². The second-order valence-corrected chi connectivity index (χ2v) is 13.7. The SMILES string of the molecule is Fc1ccc(-c2ccc(-c3nc(-c4ccccc4)nc(-c4ccccc4)n3)c(-n3c4ccccc4c4cc(-c5ccc(C(F)(F)F)cc5C(F)(F)F)ccc43)c2)c(F)c1. The fourth-order valence-electron chi connectivity index (χ4n) is 7.33. The van der Waals surface area contributed by atoms with E-state index in [1.165, 1.54) is 18.2 Å². The molecular weight excluding hydrogens is 773 g/mol. The molecule has 0 aliphatic rings. The summed E-state index contributed by atoms with van der Waals surface area (Å²) >= 11 is 0. The lowest BCUT2D eigenvalue weighted by Crippen LogP contribution is -2.12. The molecule has 0 atom stereocenters. The molecule has 9 aromatic rings. The monoisotopic (exact) mass is 798 g/mol. The van der Waals surface area contributed by atoms with Crippen molar-refractivity contribution in [2.75, 3.05) is 0 Å². The number of benzene rings is 7. The molecule has 9 rings (SSSR count). The maximum atomic E-state index is 15.4. The Morgan fingerprint density at radius 2 is 0.966 bits per heavy atom. The van der Waals surface area contributed by atoms with Gasteiger partial charge in [-0.25, -0.2) is 23.7 Å².